The first-order chi connectivity index (χ1) is 11.7. The molecule has 0 aliphatic heterocycles. The summed E-state index contributed by atoms with van der Waals surface area (Å²) in [6, 6.07) is 8.21. The predicted molar refractivity (Wildman–Crippen MR) is 101 cm³/mol. The molecular formula is C21H27NOS. The fraction of sp³-hybridized carbons (Fsp3) is 0.619. The second-order valence-electron chi connectivity index (χ2n) is 7.92. The largest absolute Gasteiger partial charge is 0.292 e. The molecule has 2 aromatic rings. The van der Waals surface area contributed by atoms with Gasteiger partial charge in [0.1, 0.15) is 5.69 Å². The average Bonchev–Trinajstić information content (AvgIpc) is 2.96. The minimum absolute atomic E-state index is 0.149. The summed E-state index contributed by atoms with van der Waals surface area (Å²) >= 11 is 1.48. The zero-order valence-electron chi connectivity index (χ0n) is 14.6. The minimum Gasteiger partial charge on any atom is -0.292 e. The molecule has 1 heterocycles. The Balaban J connectivity index is 1.68. The van der Waals surface area contributed by atoms with E-state index < -0.39 is 0 Å². The van der Waals surface area contributed by atoms with Gasteiger partial charge in [0, 0.05) is 10.8 Å². The number of Topliss-reactive ketones (excluding diaryl/α,β-unsaturated/α-hetero) is 1. The zero-order chi connectivity index (χ0) is 16.6. The summed E-state index contributed by atoms with van der Waals surface area (Å²) in [6.45, 7) is 2.23. The molecule has 2 fully saturated rings. The van der Waals surface area contributed by atoms with Crippen molar-refractivity contribution in [1.82, 2.24) is 4.37 Å². The van der Waals surface area contributed by atoms with Gasteiger partial charge in [-0.3, -0.25) is 4.79 Å². The Morgan fingerprint density at radius 2 is 1.88 bits per heavy atom. The average molecular weight is 342 g/mol. The summed E-state index contributed by atoms with van der Waals surface area (Å²) in [5.41, 5.74) is 0.602. The van der Waals surface area contributed by atoms with Gasteiger partial charge in [-0.25, -0.2) is 0 Å². The summed E-state index contributed by atoms with van der Waals surface area (Å²) in [5, 5.41) is 1.07. The van der Waals surface area contributed by atoms with Crippen LogP contribution in [0.3, 0.4) is 0 Å². The van der Waals surface area contributed by atoms with Gasteiger partial charge in [-0.2, -0.15) is 4.37 Å². The van der Waals surface area contributed by atoms with E-state index in [1.807, 2.05) is 12.1 Å². The van der Waals surface area contributed by atoms with Crippen molar-refractivity contribution in [2.75, 3.05) is 0 Å². The van der Waals surface area contributed by atoms with Crippen molar-refractivity contribution in [3.63, 3.8) is 0 Å². The molecule has 2 unspecified atom stereocenters. The Kier molecular flexibility index (Phi) is 4.46. The first-order valence-electron chi connectivity index (χ1n) is 9.63. The number of carbonyl (C=O) groups is 1. The van der Waals surface area contributed by atoms with Gasteiger partial charge in [-0.15, -0.1) is 0 Å². The van der Waals surface area contributed by atoms with Crippen LogP contribution >= 0.6 is 11.5 Å². The number of fused-ring (bicyclic) bond motifs is 2. The maximum Gasteiger partial charge on any atom is 0.189 e. The molecule has 2 nitrogen and oxygen atoms in total. The van der Waals surface area contributed by atoms with Crippen molar-refractivity contribution in [2.24, 2.45) is 17.3 Å². The van der Waals surface area contributed by atoms with Crippen molar-refractivity contribution in [3.8, 4) is 0 Å². The zero-order valence-corrected chi connectivity index (χ0v) is 15.4. The van der Waals surface area contributed by atoms with Crippen molar-refractivity contribution < 1.29 is 4.79 Å². The predicted octanol–water partition coefficient (Wildman–Crippen LogP) is 6.26. The van der Waals surface area contributed by atoms with Crippen LogP contribution in [0.2, 0.25) is 0 Å². The Morgan fingerprint density at radius 3 is 2.54 bits per heavy atom. The van der Waals surface area contributed by atoms with Gasteiger partial charge in [0.15, 0.2) is 5.78 Å². The maximum atomic E-state index is 13.6. The number of benzene rings is 1. The summed E-state index contributed by atoms with van der Waals surface area (Å²) in [5.74, 6) is 2.14. The highest BCUT2D eigenvalue weighted by Crippen LogP contribution is 2.51. The molecule has 1 aromatic carbocycles. The molecule has 3 heteroatoms. The number of carbonyl (C=O) groups excluding carboxylic acids is 1. The molecule has 0 bridgehead atoms. The van der Waals surface area contributed by atoms with E-state index in [2.05, 4.69) is 23.4 Å². The second-order valence-corrected chi connectivity index (χ2v) is 8.72. The SMILES string of the molecule is CCCCC1(C(=O)c2nsc3ccccc23)CCC2CCC2CC1. The van der Waals surface area contributed by atoms with Crippen LogP contribution in [0.5, 0.6) is 0 Å². The lowest BCUT2D eigenvalue weighted by Gasteiger charge is -2.35. The van der Waals surface area contributed by atoms with Crippen LogP contribution in [-0.2, 0) is 0 Å². The molecule has 128 valence electrons. The maximum absolute atomic E-state index is 13.6. The molecule has 2 atom stereocenters. The molecule has 2 aliphatic rings. The lowest BCUT2D eigenvalue weighted by molar-refractivity contribution is 0.0732. The van der Waals surface area contributed by atoms with Gasteiger partial charge in [0.2, 0.25) is 0 Å². The van der Waals surface area contributed by atoms with Crippen molar-refractivity contribution >= 4 is 27.4 Å². The third-order valence-corrected chi connectivity index (χ3v) is 7.47. The number of hydrogen-bond donors (Lipinski definition) is 0. The number of nitrogens with zero attached hydrogens (tertiary/aromatic N) is 1. The highest BCUT2D eigenvalue weighted by Gasteiger charge is 2.45. The Morgan fingerprint density at radius 1 is 1.17 bits per heavy atom. The van der Waals surface area contributed by atoms with E-state index in [1.54, 1.807) is 0 Å². The van der Waals surface area contributed by atoms with Gasteiger partial charge < -0.3 is 0 Å². The van der Waals surface area contributed by atoms with Crippen molar-refractivity contribution in [1.29, 1.82) is 0 Å². The summed E-state index contributed by atoms with van der Waals surface area (Å²) in [7, 11) is 0. The standard InChI is InChI=1S/C21H27NOS/c1-2-3-12-21(13-10-15-8-9-16(15)11-14-21)20(23)19-17-6-4-5-7-18(17)24-22-19/h4-7,15-16H,2-3,8-14H2,1H3. The molecule has 4 rings (SSSR count). The summed E-state index contributed by atoms with van der Waals surface area (Å²) in [4.78, 5) is 13.6. The number of rotatable bonds is 5. The lowest BCUT2D eigenvalue weighted by atomic mass is 9.71. The van der Waals surface area contributed by atoms with E-state index in [1.165, 1.54) is 43.6 Å². The molecule has 0 spiro atoms. The van der Waals surface area contributed by atoms with E-state index in [0.717, 1.165) is 53.3 Å². The summed E-state index contributed by atoms with van der Waals surface area (Å²) < 4.78 is 5.74. The lowest BCUT2D eigenvalue weighted by Crippen LogP contribution is -2.31. The monoisotopic (exact) mass is 341 g/mol. The van der Waals surface area contributed by atoms with Crippen molar-refractivity contribution in [3.05, 3.63) is 30.0 Å². The fourth-order valence-corrected chi connectivity index (χ4v) is 5.63. The second kappa shape index (κ2) is 6.59. The Labute approximate surface area is 148 Å². The third kappa shape index (κ3) is 2.71. The molecule has 0 radical (unpaired) electrons. The molecule has 2 aliphatic carbocycles. The van der Waals surface area contributed by atoms with E-state index in [-0.39, 0.29) is 5.41 Å². The van der Waals surface area contributed by atoms with Crippen LogP contribution in [0.15, 0.2) is 24.3 Å². The van der Waals surface area contributed by atoms with Gasteiger partial charge in [-0.1, -0.05) is 38.0 Å². The summed E-state index contributed by atoms with van der Waals surface area (Å²) in [6.07, 6.45) is 10.8. The molecular weight excluding hydrogens is 314 g/mol. The number of unbranched alkanes of at least 4 members (excludes halogenated alkanes) is 1. The van der Waals surface area contributed by atoms with Crippen LogP contribution in [0, 0.1) is 17.3 Å². The minimum atomic E-state index is -0.149. The molecule has 0 amide bonds. The van der Waals surface area contributed by atoms with Crippen LogP contribution in [0.1, 0.15) is 75.2 Å². The quantitative estimate of drug-likeness (QED) is 0.601. The van der Waals surface area contributed by atoms with Gasteiger partial charge >= 0.3 is 0 Å². The molecule has 1 aromatic heterocycles. The molecule has 2 saturated carbocycles. The number of hydrogen-bond acceptors (Lipinski definition) is 3. The Hall–Kier alpha value is -1.22. The molecule has 0 saturated heterocycles. The Bertz CT molecular complexity index is 720. The molecule has 0 N–H and O–H groups in total. The van der Waals surface area contributed by atoms with E-state index in [0.29, 0.717) is 5.78 Å². The number of ketones is 1. The molecule has 24 heavy (non-hydrogen) atoms. The van der Waals surface area contributed by atoms with Gasteiger partial charge in [0.25, 0.3) is 0 Å². The van der Waals surface area contributed by atoms with E-state index in [4.69, 9.17) is 0 Å². The normalized spacial score (nSPS) is 29.7. The van der Waals surface area contributed by atoms with Crippen molar-refractivity contribution in [2.45, 2.75) is 64.7 Å². The van der Waals surface area contributed by atoms with Crippen LogP contribution in [0.4, 0.5) is 0 Å². The fourth-order valence-electron chi connectivity index (χ4n) is 4.85. The van der Waals surface area contributed by atoms with E-state index in [9.17, 15) is 4.79 Å². The van der Waals surface area contributed by atoms with Crippen LogP contribution in [-0.4, -0.2) is 10.2 Å². The highest BCUT2D eigenvalue weighted by atomic mass is 32.1. The first kappa shape index (κ1) is 16.3. The topological polar surface area (TPSA) is 30.0 Å². The smallest absolute Gasteiger partial charge is 0.189 e. The van der Waals surface area contributed by atoms with Crippen LogP contribution in [0.25, 0.3) is 10.1 Å². The van der Waals surface area contributed by atoms with Crippen LogP contribution < -0.4 is 0 Å². The van der Waals surface area contributed by atoms with Gasteiger partial charge in [0.05, 0.1) is 4.70 Å². The highest BCUT2D eigenvalue weighted by molar-refractivity contribution is 7.13. The first-order valence-corrected chi connectivity index (χ1v) is 10.4. The number of aromatic nitrogens is 1. The van der Waals surface area contributed by atoms with E-state index >= 15 is 0 Å². The third-order valence-electron chi connectivity index (χ3n) is 6.65. The van der Waals surface area contributed by atoms with Gasteiger partial charge in [-0.05, 0) is 74.4 Å².